The monoisotopic (exact) mass is 291 g/mol. The lowest BCUT2D eigenvalue weighted by atomic mass is 10.3. The van der Waals surface area contributed by atoms with Crippen molar-refractivity contribution in [3.05, 3.63) is 54.6 Å². The molecule has 22 heavy (non-hydrogen) atoms. The molecule has 0 aliphatic rings. The fourth-order valence-corrected chi connectivity index (χ4v) is 2.22. The first-order valence-corrected chi connectivity index (χ1v) is 6.79. The number of aromatic amines is 1. The van der Waals surface area contributed by atoms with Gasteiger partial charge in [0.15, 0.2) is 0 Å². The molecule has 0 bridgehead atoms. The van der Waals surface area contributed by atoms with Gasteiger partial charge in [-0.15, -0.1) is 5.10 Å². The summed E-state index contributed by atoms with van der Waals surface area (Å²) < 4.78 is 1.48. The number of hydrogen-bond acceptors (Lipinski definition) is 5. The van der Waals surface area contributed by atoms with Gasteiger partial charge in [-0.2, -0.15) is 9.67 Å². The van der Waals surface area contributed by atoms with Gasteiger partial charge < -0.3 is 16.0 Å². The summed E-state index contributed by atoms with van der Waals surface area (Å²) in [6, 6.07) is 17.4. The number of H-pyrrole nitrogens is 1. The van der Waals surface area contributed by atoms with Crippen LogP contribution in [0.1, 0.15) is 0 Å². The Morgan fingerprint density at radius 2 is 1.73 bits per heavy atom. The molecule has 0 amide bonds. The van der Waals surface area contributed by atoms with E-state index in [1.807, 2.05) is 54.6 Å². The van der Waals surface area contributed by atoms with E-state index >= 15 is 0 Å². The number of hydrogen-bond donors (Lipinski definition) is 3. The van der Waals surface area contributed by atoms with Crippen molar-refractivity contribution in [3.63, 3.8) is 0 Å². The molecule has 0 unspecified atom stereocenters. The first kappa shape index (κ1) is 12.4. The summed E-state index contributed by atoms with van der Waals surface area (Å²) >= 11 is 0. The minimum atomic E-state index is 0.262. The highest BCUT2D eigenvalue weighted by molar-refractivity contribution is 5.76. The summed E-state index contributed by atoms with van der Waals surface area (Å²) in [6.45, 7) is 0. The zero-order chi connectivity index (χ0) is 14.9. The number of anilines is 3. The molecule has 108 valence electrons. The van der Waals surface area contributed by atoms with Gasteiger partial charge in [-0.05, 0) is 24.3 Å². The number of benzene rings is 2. The minimum Gasteiger partial charge on any atom is -0.368 e. The van der Waals surface area contributed by atoms with Gasteiger partial charge in [-0.25, -0.2) is 4.98 Å². The van der Waals surface area contributed by atoms with E-state index in [2.05, 4.69) is 25.4 Å². The van der Waals surface area contributed by atoms with Crippen LogP contribution < -0.4 is 11.1 Å². The summed E-state index contributed by atoms with van der Waals surface area (Å²) in [6.07, 6.45) is 0. The average Bonchev–Trinajstić information content (AvgIpc) is 3.11. The van der Waals surface area contributed by atoms with Crippen molar-refractivity contribution in [1.82, 2.24) is 24.7 Å². The smallest absolute Gasteiger partial charge is 0.248 e. The number of nitrogens with zero attached hydrogens (tertiary/aromatic N) is 4. The van der Waals surface area contributed by atoms with Gasteiger partial charge >= 0.3 is 0 Å². The Labute approximate surface area is 125 Å². The Balaban J connectivity index is 1.70. The molecular weight excluding hydrogens is 278 g/mol. The standard InChI is InChI=1S/C15H13N7/c16-13-20-14(17-10-6-2-1-3-7-10)21-22(13)15-18-11-8-4-5-9-12(11)19-15/h1-9H,(H,18,19)(H3,16,17,20,21). The molecule has 0 atom stereocenters. The predicted octanol–water partition coefficient (Wildman–Crippen LogP) is 2.47. The van der Waals surface area contributed by atoms with E-state index in [1.165, 1.54) is 4.68 Å². The molecule has 0 aliphatic carbocycles. The lowest BCUT2D eigenvalue weighted by molar-refractivity contribution is 0.841. The number of nitrogens with one attached hydrogen (secondary N) is 2. The van der Waals surface area contributed by atoms with Gasteiger partial charge in [0, 0.05) is 5.69 Å². The highest BCUT2D eigenvalue weighted by atomic mass is 15.5. The average molecular weight is 291 g/mol. The molecule has 0 radical (unpaired) electrons. The second kappa shape index (κ2) is 4.88. The summed E-state index contributed by atoms with van der Waals surface area (Å²) in [5, 5.41) is 7.45. The number of rotatable bonds is 3. The van der Waals surface area contributed by atoms with Gasteiger partial charge in [-0.1, -0.05) is 30.3 Å². The second-order valence-corrected chi connectivity index (χ2v) is 4.77. The third-order valence-electron chi connectivity index (χ3n) is 3.24. The van der Waals surface area contributed by atoms with Gasteiger partial charge in [0.25, 0.3) is 0 Å². The minimum absolute atomic E-state index is 0.262. The maximum Gasteiger partial charge on any atom is 0.248 e. The van der Waals surface area contributed by atoms with E-state index in [-0.39, 0.29) is 5.95 Å². The largest absolute Gasteiger partial charge is 0.368 e. The molecule has 7 heteroatoms. The van der Waals surface area contributed by atoms with E-state index in [4.69, 9.17) is 5.73 Å². The number of nitrogen functional groups attached to an aromatic ring is 1. The second-order valence-electron chi connectivity index (χ2n) is 4.77. The van der Waals surface area contributed by atoms with Crippen LogP contribution in [0.2, 0.25) is 0 Å². The first-order valence-electron chi connectivity index (χ1n) is 6.79. The van der Waals surface area contributed by atoms with E-state index in [0.29, 0.717) is 11.9 Å². The molecule has 0 fully saturated rings. The van der Waals surface area contributed by atoms with Gasteiger partial charge in [0.05, 0.1) is 11.0 Å². The zero-order valence-electron chi connectivity index (χ0n) is 11.6. The Morgan fingerprint density at radius 3 is 2.55 bits per heavy atom. The van der Waals surface area contributed by atoms with E-state index in [9.17, 15) is 0 Å². The molecule has 0 aliphatic heterocycles. The number of imidazole rings is 1. The quantitative estimate of drug-likeness (QED) is 0.538. The number of nitrogens with two attached hydrogens (primary N) is 1. The van der Waals surface area contributed by atoms with E-state index in [0.717, 1.165) is 16.7 Å². The predicted molar refractivity (Wildman–Crippen MR) is 85.1 cm³/mol. The summed E-state index contributed by atoms with van der Waals surface area (Å²) in [5.74, 6) is 1.22. The normalized spacial score (nSPS) is 10.9. The van der Waals surface area contributed by atoms with Crippen LogP contribution in [0.4, 0.5) is 17.6 Å². The van der Waals surface area contributed by atoms with E-state index in [1.54, 1.807) is 0 Å². The van der Waals surface area contributed by atoms with Gasteiger partial charge in [0.1, 0.15) is 0 Å². The summed E-state index contributed by atoms with van der Waals surface area (Å²) in [7, 11) is 0. The molecule has 0 spiro atoms. The summed E-state index contributed by atoms with van der Waals surface area (Å²) in [4.78, 5) is 11.8. The maximum atomic E-state index is 5.94. The topological polar surface area (TPSA) is 97.4 Å². The lowest BCUT2D eigenvalue weighted by Crippen LogP contribution is -2.04. The van der Waals surface area contributed by atoms with Crippen LogP contribution in [-0.2, 0) is 0 Å². The molecule has 2 heterocycles. The Hall–Kier alpha value is -3.35. The molecule has 2 aromatic carbocycles. The van der Waals surface area contributed by atoms with Gasteiger partial charge in [0.2, 0.25) is 17.8 Å². The number of para-hydroxylation sites is 3. The molecule has 7 nitrogen and oxygen atoms in total. The molecule has 4 rings (SSSR count). The van der Waals surface area contributed by atoms with Crippen molar-refractivity contribution in [2.45, 2.75) is 0 Å². The van der Waals surface area contributed by atoms with Gasteiger partial charge in [-0.3, -0.25) is 0 Å². The highest BCUT2D eigenvalue weighted by Gasteiger charge is 2.12. The van der Waals surface area contributed by atoms with Crippen molar-refractivity contribution in [3.8, 4) is 5.95 Å². The van der Waals surface area contributed by atoms with Crippen LogP contribution in [0.15, 0.2) is 54.6 Å². The molecule has 0 saturated carbocycles. The third kappa shape index (κ3) is 2.14. The van der Waals surface area contributed by atoms with Crippen molar-refractivity contribution in [2.75, 3.05) is 11.1 Å². The fourth-order valence-electron chi connectivity index (χ4n) is 2.22. The molecular formula is C15H13N7. The van der Waals surface area contributed by atoms with Crippen LogP contribution in [0.5, 0.6) is 0 Å². The Morgan fingerprint density at radius 1 is 0.955 bits per heavy atom. The molecule has 4 N–H and O–H groups in total. The Bertz CT molecular complexity index is 890. The number of aromatic nitrogens is 5. The fraction of sp³-hybridized carbons (Fsp3) is 0. The summed E-state index contributed by atoms with van der Waals surface area (Å²) in [5.41, 5.74) is 8.60. The van der Waals surface area contributed by atoms with Crippen molar-refractivity contribution < 1.29 is 0 Å². The molecule has 4 aromatic rings. The zero-order valence-corrected chi connectivity index (χ0v) is 11.6. The van der Waals surface area contributed by atoms with Crippen LogP contribution in [0.25, 0.3) is 17.0 Å². The highest BCUT2D eigenvalue weighted by Crippen LogP contribution is 2.18. The SMILES string of the molecule is Nc1nc(Nc2ccccc2)nn1-c1nc2ccccc2[nH]1. The molecule has 0 saturated heterocycles. The van der Waals surface area contributed by atoms with Crippen LogP contribution >= 0.6 is 0 Å². The van der Waals surface area contributed by atoms with Crippen LogP contribution in [0, 0.1) is 0 Å². The third-order valence-corrected chi connectivity index (χ3v) is 3.24. The van der Waals surface area contributed by atoms with Crippen molar-refractivity contribution in [2.24, 2.45) is 0 Å². The lowest BCUT2D eigenvalue weighted by Gasteiger charge is -1.99. The van der Waals surface area contributed by atoms with Crippen molar-refractivity contribution in [1.29, 1.82) is 0 Å². The van der Waals surface area contributed by atoms with Crippen LogP contribution in [0.3, 0.4) is 0 Å². The van der Waals surface area contributed by atoms with E-state index < -0.39 is 0 Å². The molecule has 2 aromatic heterocycles. The van der Waals surface area contributed by atoms with Crippen LogP contribution in [-0.4, -0.2) is 24.7 Å². The number of fused-ring (bicyclic) bond motifs is 1. The Kier molecular flexibility index (Phi) is 2.75. The maximum absolute atomic E-state index is 5.94. The van der Waals surface area contributed by atoms with Crippen molar-refractivity contribution >= 4 is 28.6 Å². The first-order chi connectivity index (χ1) is 10.8.